The highest BCUT2D eigenvalue weighted by atomic mass is 16.6. The first-order valence-corrected chi connectivity index (χ1v) is 6.68. The standard InChI is InChI=1S/C12H17N3O9/c16-5-10(18)12(20)11(19)9(17)4-13-7-2-1-6(14(21)22)3-8(7)15(23)24/h1-3,9-13,16-20H,4-5H2. The molecule has 134 valence electrons. The molecule has 0 saturated heterocycles. The zero-order valence-electron chi connectivity index (χ0n) is 12.2. The molecule has 0 aliphatic rings. The number of hydrogen-bond donors (Lipinski definition) is 6. The number of benzene rings is 1. The van der Waals surface area contributed by atoms with E-state index in [2.05, 4.69) is 5.32 Å². The third-order valence-electron chi connectivity index (χ3n) is 3.22. The summed E-state index contributed by atoms with van der Waals surface area (Å²) in [4.78, 5) is 19.9. The lowest BCUT2D eigenvalue weighted by Crippen LogP contribution is -2.48. The molecule has 1 rings (SSSR count). The van der Waals surface area contributed by atoms with Crippen LogP contribution in [0.2, 0.25) is 0 Å². The number of aliphatic hydroxyl groups is 5. The Hall–Kier alpha value is -2.38. The second-order valence-electron chi connectivity index (χ2n) is 4.90. The second kappa shape index (κ2) is 8.47. The molecule has 0 heterocycles. The maximum Gasteiger partial charge on any atom is 0.299 e. The van der Waals surface area contributed by atoms with Crippen LogP contribution in [0.1, 0.15) is 0 Å². The summed E-state index contributed by atoms with van der Waals surface area (Å²) >= 11 is 0. The molecule has 0 bridgehead atoms. The normalized spacial score (nSPS) is 16.0. The maximum absolute atomic E-state index is 10.9. The summed E-state index contributed by atoms with van der Waals surface area (Å²) in [6.07, 6.45) is -6.99. The fourth-order valence-electron chi connectivity index (χ4n) is 1.83. The number of nitrogens with one attached hydrogen (secondary N) is 1. The fourth-order valence-corrected chi connectivity index (χ4v) is 1.83. The zero-order chi connectivity index (χ0) is 18.4. The first kappa shape index (κ1) is 19.7. The SMILES string of the molecule is O=[N+]([O-])c1ccc(NCC(O)C(O)C(O)C(O)CO)c([N+](=O)[O-])c1. The molecular weight excluding hydrogens is 330 g/mol. The summed E-state index contributed by atoms with van der Waals surface area (Å²) in [7, 11) is 0. The van der Waals surface area contributed by atoms with Gasteiger partial charge in [0.1, 0.15) is 24.0 Å². The van der Waals surface area contributed by atoms with Crippen molar-refractivity contribution in [3.05, 3.63) is 38.4 Å². The summed E-state index contributed by atoms with van der Waals surface area (Å²) in [5.41, 5.74) is -1.25. The van der Waals surface area contributed by atoms with Crippen molar-refractivity contribution in [2.45, 2.75) is 24.4 Å². The van der Waals surface area contributed by atoms with E-state index in [0.29, 0.717) is 0 Å². The van der Waals surface area contributed by atoms with Crippen molar-refractivity contribution in [3.63, 3.8) is 0 Å². The summed E-state index contributed by atoms with van der Waals surface area (Å²) in [5.74, 6) is 0. The molecule has 0 radical (unpaired) electrons. The van der Waals surface area contributed by atoms with Gasteiger partial charge in [-0.05, 0) is 6.07 Å². The monoisotopic (exact) mass is 347 g/mol. The maximum atomic E-state index is 10.9. The number of nitrogens with zero attached hydrogens (tertiary/aromatic N) is 2. The van der Waals surface area contributed by atoms with Crippen molar-refractivity contribution in [1.82, 2.24) is 0 Å². The van der Waals surface area contributed by atoms with Crippen molar-refractivity contribution < 1.29 is 35.4 Å². The van der Waals surface area contributed by atoms with Gasteiger partial charge in [0.25, 0.3) is 11.4 Å². The minimum absolute atomic E-state index is 0.144. The van der Waals surface area contributed by atoms with Gasteiger partial charge < -0.3 is 30.8 Å². The number of aliphatic hydroxyl groups excluding tert-OH is 5. The molecule has 6 N–H and O–H groups in total. The lowest BCUT2D eigenvalue weighted by atomic mass is 10.0. The lowest BCUT2D eigenvalue weighted by Gasteiger charge is -2.25. The van der Waals surface area contributed by atoms with Crippen molar-refractivity contribution in [2.75, 3.05) is 18.5 Å². The fraction of sp³-hybridized carbons (Fsp3) is 0.500. The van der Waals surface area contributed by atoms with Crippen LogP contribution in [0.25, 0.3) is 0 Å². The molecule has 1 aromatic carbocycles. The molecule has 0 fully saturated rings. The third kappa shape index (κ3) is 4.81. The van der Waals surface area contributed by atoms with Crippen molar-refractivity contribution in [2.24, 2.45) is 0 Å². The molecule has 1 aromatic rings. The molecule has 0 aliphatic carbocycles. The predicted molar refractivity (Wildman–Crippen MR) is 79.4 cm³/mol. The van der Waals surface area contributed by atoms with Gasteiger partial charge in [0.05, 0.1) is 28.6 Å². The van der Waals surface area contributed by atoms with Gasteiger partial charge in [-0.2, -0.15) is 0 Å². The van der Waals surface area contributed by atoms with Crippen LogP contribution in [0.15, 0.2) is 18.2 Å². The molecule has 4 unspecified atom stereocenters. The summed E-state index contributed by atoms with van der Waals surface area (Å²) in [6, 6.07) is 2.81. The number of non-ortho nitro benzene ring substituents is 1. The van der Waals surface area contributed by atoms with E-state index in [1.165, 1.54) is 0 Å². The molecule has 0 amide bonds. The molecule has 4 atom stereocenters. The Balaban J connectivity index is 2.83. The van der Waals surface area contributed by atoms with E-state index in [0.717, 1.165) is 18.2 Å². The van der Waals surface area contributed by atoms with Crippen LogP contribution in [-0.2, 0) is 0 Å². The van der Waals surface area contributed by atoms with Gasteiger partial charge in [0.2, 0.25) is 0 Å². The van der Waals surface area contributed by atoms with Crippen molar-refractivity contribution >= 4 is 17.1 Å². The van der Waals surface area contributed by atoms with E-state index in [9.17, 15) is 40.7 Å². The molecule has 0 aromatic heterocycles. The van der Waals surface area contributed by atoms with Gasteiger partial charge in [-0.25, -0.2) is 0 Å². The molecule has 12 heteroatoms. The van der Waals surface area contributed by atoms with Gasteiger partial charge in [-0.15, -0.1) is 0 Å². The van der Waals surface area contributed by atoms with Crippen molar-refractivity contribution in [1.29, 1.82) is 0 Å². The average molecular weight is 347 g/mol. The zero-order valence-corrected chi connectivity index (χ0v) is 12.2. The molecule has 24 heavy (non-hydrogen) atoms. The smallest absolute Gasteiger partial charge is 0.299 e. The Labute approximate surface area is 134 Å². The lowest BCUT2D eigenvalue weighted by molar-refractivity contribution is -0.393. The van der Waals surface area contributed by atoms with Gasteiger partial charge in [0.15, 0.2) is 0 Å². The number of hydrogen-bond acceptors (Lipinski definition) is 10. The Morgan fingerprint density at radius 3 is 2.08 bits per heavy atom. The first-order chi connectivity index (χ1) is 11.2. The average Bonchev–Trinajstić information content (AvgIpc) is 2.56. The number of nitro groups is 2. The number of nitro benzene ring substituents is 2. The van der Waals surface area contributed by atoms with Gasteiger partial charge in [0, 0.05) is 12.6 Å². The van der Waals surface area contributed by atoms with Crippen molar-refractivity contribution in [3.8, 4) is 0 Å². The summed E-state index contributed by atoms with van der Waals surface area (Å²) < 4.78 is 0. The third-order valence-corrected chi connectivity index (χ3v) is 3.22. The van der Waals surface area contributed by atoms with Gasteiger partial charge in [-0.3, -0.25) is 20.2 Å². The van der Waals surface area contributed by atoms with Crippen LogP contribution < -0.4 is 5.32 Å². The topological polar surface area (TPSA) is 199 Å². The van der Waals surface area contributed by atoms with Crippen LogP contribution in [0.5, 0.6) is 0 Å². The van der Waals surface area contributed by atoms with E-state index in [1.54, 1.807) is 0 Å². The highest BCUT2D eigenvalue weighted by Crippen LogP contribution is 2.28. The van der Waals surface area contributed by atoms with Gasteiger partial charge >= 0.3 is 0 Å². The highest BCUT2D eigenvalue weighted by Gasteiger charge is 2.30. The van der Waals surface area contributed by atoms with Crippen LogP contribution in [0.4, 0.5) is 17.1 Å². The van der Waals surface area contributed by atoms with Crippen LogP contribution in [0, 0.1) is 20.2 Å². The van der Waals surface area contributed by atoms with E-state index >= 15 is 0 Å². The van der Waals surface area contributed by atoms with Crippen LogP contribution in [-0.4, -0.2) is 72.9 Å². The minimum atomic E-state index is -1.84. The van der Waals surface area contributed by atoms with E-state index in [-0.39, 0.29) is 5.69 Å². The molecule has 0 saturated carbocycles. The summed E-state index contributed by atoms with van der Waals surface area (Å²) in [6.45, 7) is -1.30. The quantitative estimate of drug-likeness (QED) is 0.222. The van der Waals surface area contributed by atoms with E-state index < -0.39 is 58.8 Å². The Kier molecular flexibility index (Phi) is 6.94. The van der Waals surface area contributed by atoms with Gasteiger partial charge in [-0.1, -0.05) is 0 Å². The number of rotatable bonds is 9. The highest BCUT2D eigenvalue weighted by molar-refractivity contribution is 5.65. The predicted octanol–water partition coefficient (Wildman–Crippen LogP) is -1.65. The molecule has 0 spiro atoms. The largest absolute Gasteiger partial charge is 0.394 e. The minimum Gasteiger partial charge on any atom is -0.394 e. The molecule has 0 aliphatic heterocycles. The Morgan fingerprint density at radius 2 is 1.58 bits per heavy atom. The van der Waals surface area contributed by atoms with E-state index in [4.69, 9.17) is 5.11 Å². The van der Waals surface area contributed by atoms with Crippen LogP contribution >= 0.6 is 0 Å². The van der Waals surface area contributed by atoms with E-state index in [1.807, 2.05) is 0 Å². The molecule has 12 nitrogen and oxygen atoms in total. The van der Waals surface area contributed by atoms with Crippen LogP contribution in [0.3, 0.4) is 0 Å². The Bertz CT molecular complexity index is 597. The summed E-state index contributed by atoms with van der Waals surface area (Å²) in [5, 5.41) is 70.7. The number of anilines is 1. The molecular formula is C12H17N3O9. The first-order valence-electron chi connectivity index (χ1n) is 6.68. The second-order valence-corrected chi connectivity index (χ2v) is 4.90. The Morgan fingerprint density at radius 1 is 1.00 bits per heavy atom.